The fraction of sp³-hybridized carbons (Fsp3) is 0.500. The third-order valence-corrected chi connectivity index (χ3v) is 5.23. The molecule has 1 amide bonds. The van der Waals surface area contributed by atoms with Crippen LogP contribution < -0.4 is 10.1 Å². The molecule has 0 aliphatic carbocycles. The number of methoxy groups -OCH3 is 1. The topological polar surface area (TPSA) is 80.3 Å². The highest BCUT2D eigenvalue weighted by molar-refractivity contribution is 7.80. The number of rotatable bonds is 4. The van der Waals surface area contributed by atoms with E-state index in [9.17, 15) is 22.8 Å². The summed E-state index contributed by atoms with van der Waals surface area (Å²) in [4.78, 5) is 27.2. The Bertz CT molecular complexity index is 797. The predicted molar refractivity (Wildman–Crippen MR) is 103 cm³/mol. The summed E-state index contributed by atoms with van der Waals surface area (Å²) in [6.45, 7) is 1.03. The van der Waals surface area contributed by atoms with Crippen molar-refractivity contribution >= 4 is 35.1 Å². The van der Waals surface area contributed by atoms with Crippen molar-refractivity contribution in [3.8, 4) is 5.75 Å². The van der Waals surface area contributed by atoms with Gasteiger partial charge in [-0.1, -0.05) is 0 Å². The maximum Gasteiger partial charge on any atom is 0.573 e. The average molecular weight is 447 g/mol. The van der Waals surface area contributed by atoms with Crippen molar-refractivity contribution in [3.63, 3.8) is 0 Å². The van der Waals surface area contributed by atoms with Crippen LogP contribution in [0.2, 0.25) is 0 Å². The molecule has 1 N–H and O–H groups in total. The van der Waals surface area contributed by atoms with Crippen molar-refractivity contribution in [1.29, 1.82) is 0 Å². The van der Waals surface area contributed by atoms with Gasteiger partial charge in [0.1, 0.15) is 12.4 Å². The Morgan fingerprint density at radius 2 is 1.87 bits per heavy atom. The number of benzene rings is 1. The van der Waals surface area contributed by atoms with Gasteiger partial charge in [0, 0.05) is 24.8 Å². The summed E-state index contributed by atoms with van der Waals surface area (Å²) in [5.74, 6) is -0.837. The average Bonchev–Trinajstić information content (AvgIpc) is 3.09. The fourth-order valence-electron chi connectivity index (χ4n) is 3.44. The van der Waals surface area contributed by atoms with Gasteiger partial charge in [-0.15, -0.1) is 13.2 Å². The third kappa shape index (κ3) is 5.23. The monoisotopic (exact) mass is 447 g/mol. The molecule has 1 atom stereocenters. The van der Waals surface area contributed by atoms with Crippen LogP contribution in [0.3, 0.4) is 0 Å². The van der Waals surface area contributed by atoms with Crippen LogP contribution in [0.15, 0.2) is 24.3 Å². The SMILES string of the molecule is COC(=O)C1COC(=O)N1C1CCN(C(=S)Nc2ccc(OC(F)(F)F)cc2)CC1. The zero-order valence-electron chi connectivity index (χ0n) is 16.0. The summed E-state index contributed by atoms with van der Waals surface area (Å²) in [6.07, 6.45) is -4.14. The first-order valence-electron chi connectivity index (χ1n) is 9.12. The van der Waals surface area contributed by atoms with Gasteiger partial charge in [0.25, 0.3) is 0 Å². The van der Waals surface area contributed by atoms with Gasteiger partial charge < -0.3 is 24.4 Å². The van der Waals surface area contributed by atoms with E-state index in [0.29, 0.717) is 36.7 Å². The Hall–Kier alpha value is -2.76. The second kappa shape index (κ2) is 8.94. The second-order valence-electron chi connectivity index (χ2n) is 6.74. The van der Waals surface area contributed by atoms with Crippen LogP contribution in [0.1, 0.15) is 12.8 Å². The number of esters is 1. The van der Waals surface area contributed by atoms with Crippen molar-refractivity contribution in [2.45, 2.75) is 31.3 Å². The predicted octanol–water partition coefficient (Wildman–Crippen LogP) is 2.74. The van der Waals surface area contributed by atoms with E-state index >= 15 is 0 Å². The summed E-state index contributed by atoms with van der Waals surface area (Å²) in [5, 5.41) is 3.38. The minimum atomic E-state index is -4.75. The van der Waals surface area contributed by atoms with E-state index in [-0.39, 0.29) is 18.4 Å². The molecule has 1 unspecified atom stereocenters. The largest absolute Gasteiger partial charge is 0.573 e. The van der Waals surface area contributed by atoms with Crippen LogP contribution in [-0.4, -0.2) is 72.2 Å². The molecule has 8 nitrogen and oxygen atoms in total. The lowest BCUT2D eigenvalue weighted by atomic mass is 10.0. The Morgan fingerprint density at radius 3 is 2.43 bits per heavy atom. The minimum absolute atomic E-state index is 0.0280. The van der Waals surface area contributed by atoms with Crippen molar-refractivity contribution in [2.75, 3.05) is 32.1 Å². The Labute approximate surface area is 175 Å². The number of nitrogens with zero attached hydrogens (tertiary/aromatic N) is 2. The summed E-state index contributed by atoms with van der Waals surface area (Å²) >= 11 is 5.38. The summed E-state index contributed by atoms with van der Waals surface area (Å²) < 4.78 is 50.3. The number of halogens is 3. The molecule has 164 valence electrons. The lowest BCUT2D eigenvalue weighted by molar-refractivity contribution is -0.274. The summed E-state index contributed by atoms with van der Waals surface area (Å²) in [7, 11) is 1.26. The van der Waals surface area contributed by atoms with E-state index in [0.717, 1.165) is 0 Å². The number of nitrogens with one attached hydrogen (secondary N) is 1. The molecule has 0 bridgehead atoms. The highest BCUT2D eigenvalue weighted by Gasteiger charge is 2.43. The smallest absolute Gasteiger partial charge is 0.467 e. The van der Waals surface area contributed by atoms with Gasteiger partial charge in [-0.05, 0) is 49.3 Å². The molecule has 2 fully saturated rings. The van der Waals surface area contributed by atoms with Crippen LogP contribution in [0.4, 0.5) is 23.7 Å². The number of ether oxygens (including phenoxy) is 3. The molecule has 2 heterocycles. The molecule has 0 aromatic heterocycles. The molecule has 1 aromatic carbocycles. The van der Waals surface area contributed by atoms with Crippen LogP contribution >= 0.6 is 12.2 Å². The van der Waals surface area contributed by atoms with E-state index in [4.69, 9.17) is 21.7 Å². The number of anilines is 1. The second-order valence-corrected chi connectivity index (χ2v) is 7.13. The first-order chi connectivity index (χ1) is 14.2. The van der Waals surface area contributed by atoms with E-state index in [1.165, 1.54) is 36.3 Å². The molecule has 30 heavy (non-hydrogen) atoms. The van der Waals surface area contributed by atoms with Gasteiger partial charge in [0.15, 0.2) is 11.2 Å². The lowest BCUT2D eigenvalue weighted by Gasteiger charge is -2.38. The van der Waals surface area contributed by atoms with Crippen LogP contribution in [0.25, 0.3) is 0 Å². The number of hydrogen-bond acceptors (Lipinski definition) is 6. The van der Waals surface area contributed by atoms with Gasteiger partial charge in [-0.3, -0.25) is 4.90 Å². The number of piperidine rings is 1. The number of amides is 1. The van der Waals surface area contributed by atoms with Crippen LogP contribution in [0.5, 0.6) is 5.75 Å². The van der Waals surface area contributed by atoms with Crippen LogP contribution in [0, 0.1) is 0 Å². The molecule has 0 saturated carbocycles. The molecule has 2 saturated heterocycles. The van der Waals surface area contributed by atoms with E-state index < -0.39 is 24.5 Å². The van der Waals surface area contributed by atoms with E-state index in [2.05, 4.69) is 10.1 Å². The normalized spacial score (nSPS) is 20.0. The number of hydrogen-bond donors (Lipinski definition) is 1. The van der Waals surface area contributed by atoms with Crippen molar-refractivity contribution in [2.24, 2.45) is 0 Å². The lowest BCUT2D eigenvalue weighted by Crippen LogP contribution is -2.52. The number of likely N-dealkylation sites (tertiary alicyclic amines) is 1. The maximum atomic E-state index is 12.2. The van der Waals surface area contributed by atoms with Gasteiger partial charge in [-0.2, -0.15) is 0 Å². The maximum absolute atomic E-state index is 12.2. The summed E-state index contributed by atoms with van der Waals surface area (Å²) in [6, 6.07) is 4.32. The Kier molecular flexibility index (Phi) is 6.54. The van der Waals surface area contributed by atoms with Gasteiger partial charge in [0.2, 0.25) is 0 Å². The number of carbonyl (C=O) groups excluding carboxylic acids is 2. The summed E-state index contributed by atoms with van der Waals surface area (Å²) in [5.41, 5.74) is 0.519. The molecular formula is C18H20F3N3O5S. The quantitative estimate of drug-likeness (QED) is 0.558. The van der Waals surface area contributed by atoms with E-state index in [1.54, 1.807) is 0 Å². The molecule has 0 radical (unpaired) electrons. The first kappa shape index (κ1) is 21.9. The minimum Gasteiger partial charge on any atom is -0.467 e. The van der Waals surface area contributed by atoms with Crippen LogP contribution in [-0.2, 0) is 14.3 Å². The van der Waals surface area contributed by atoms with Gasteiger partial charge in [-0.25, -0.2) is 9.59 Å². The Morgan fingerprint density at radius 1 is 1.23 bits per heavy atom. The van der Waals surface area contributed by atoms with E-state index in [1.807, 2.05) is 4.90 Å². The molecule has 12 heteroatoms. The highest BCUT2D eigenvalue weighted by Crippen LogP contribution is 2.26. The molecular weight excluding hydrogens is 427 g/mol. The standard InChI is InChI=1S/C18H20F3N3O5S/c1-27-15(25)14-10-28-17(26)24(14)12-6-8-23(9-7-12)16(30)22-11-2-4-13(5-3-11)29-18(19,20)21/h2-5,12,14H,6-10H2,1H3,(H,22,30). The zero-order valence-corrected chi connectivity index (χ0v) is 16.8. The van der Waals surface area contributed by atoms with Crippen molar-refractivity contribution in [3.05, 3.63) is 24.3 Å². The Balaban J connectivity index is 1.53. The zero-order chi connectivity index (χ0) is 21.9. The third-order valence-electron chi connectivity index (χ3n) is 4.87. The number of cyclic esters (lactones) is 1. The number of alkyl halides is 3. The molecule has 1 aromatic rings. The first-order valence-corrected chi connectivity index (χ1v) is 9.53. The molecule has 0 spiro atoms. The molecule has 3 rings (SSSR count). The van der Waals surface area contributed by atoms with Gasteiger partial charge >= 0.3 is 18.4 Å². The number of carbonyl (C=O) groups is 2. The molecule has 2 aliphatic heterocycles. The van der Waals surface area contributed by atoms with Gasteiger partial charge in [0.05, 0.1) is 7.11 Å². The van der Waals surface area contributed by atoms with Crippen molar-refractivity contribution < 1.29 is 37.0 Å². The number of thiocarbonyl (C=S) groups is 1. The fourth-order valence-corrected chi connectivity index (χ4v) is 3.74. The highest BCUT2D eigenvalue weighted by atomic mass is 32.1. The van der Waals surface area contributed by atoms with Crippen molar-refractivity contribution in [1.82, 2.24) is 9.80 Å². The molecule has 2 aliphatic rings.